The molecule has 0 fully saturated rings. The largest absolute Gasteiger partial charge is 0.342 e. The van der Waals surface area contributed by atoms with Crippen LogP contribution in [0.1, 0.15) is 27.8 Å². The van der Waals surface area contributed by atoms with Gasteiger partial charge < -0.3 is 10.3 Å². The average Bonchev–Trinajstić information content (AvgIpc) is 3.13. The number of fused-ring (bicyclic) bond motifs is 1. The molecule has 2 N–H and O–H groups in total. The normalized spacial score (nSPS) is 12.0. The van der Waals surface area contributed by atoms with Crippen molar-refractivity contribution in [1.29, 1.82) is 0 Å². The fourth-order valence-corrected chi connectivity index (χ4v) is 2.95. The molecule has 0 aliphatic carbocycles. The molecule has 128 valence electrons. The zero-order valence-corrected chi connectivity index (χ0v) is 14.1. The predicted molar refractivity (Wildman–Crippen MR) is 101 cm³/mol. The van der Waals surface area contributed by atoms with Gasteiger partial charge in [-0.1, -0.05) is 42.5 Å². The van der Waals surface area contributed by atoms with Crippen LogP contribution in [0.2, 0.25) is 0 Å². The summed E-state index contributed by atoms with van der Waals surface area (Å²) in [6.45, 7) is 0. The molecule has 1 amide bonds. The first-order valence-electron chi connectivity index (χ1n) is 8.49. The highest BCUT2D eigenvalue weighted by Crippen LogP contribution is 2.20. The van der Waals surface area contributed by atoms with Crippen LogP contribution in [0.25, 0.3) is 11.0 Å². The minimum Gasteiger partial charge on any atom is -0.342 e. The van der Waals surface area contributed by atoms with Gasteiger partial charge in [0, 0.05) is 18.0 Å². The molecule has 0 unspecified atom stereocenters. The molecule has 4 aromatic rings. The monoisotopic (exact) mass is 342 g/mol. The molecule has 0 spiro atoms. The van der Waals surface area contributed by atoms with E-state index in [1.807, 2.05) is 54.6 Å². The van der Waals surface area contributed by atoms with Crippen molar-refractivity contribution in [3.05, 3.63) is 96.1 Å². The Kier molecular flexibility index (Phi) is 4.43. The van der Waals surface area contributed by atoms with Gasteiger partial charge in [-0.3, -0.25) is 9.78 Å². The van der Waals surface area contributed by atoms with E-state index in [1.165, 1.54) is 0 Å². The van der Waals surface area contributed by atoms with Crippen LogP contribution in [0.15, 0.2) is 79.1 Å². The van der Waals surface area contributed by atoms with Crippen LogP contribution < -0.4 is 5.32 Å². The van der Waals surface area contributed by atoms with Crippen molar-refractivity contribution >= 4 is 16.9 Å². The number of nitrogens with zero attached hydrogens (tertiary/aromatic N) is 2. The molecule has 0 saturated heterocycles. The third kappa shape index (κ3) is 3.47. The fraction of sp³-hybridized carbons (Fsp3) is 0.0952. The molecule has 0 aliphatic rings. The number of amides is 1. The number of nitrogens with one attached hydrogen (secondary N) is 2. The van der Waals surface area contributed by atoms with Gasteiger partial charge in [0.05, 0.1) is 17.1 Å². The number of aromatic nitrogens is 3. The molecule has 1 atom stereocenters. The van der Waals surface area contributed by atoms with E-state index in [1.54, 1.807) is 24.5 Å². The van der Waals surface area contributed by atoms with Gasteiger partial charge in [0.15, 0.2) is 0 Å². The second kappa shape index (κ2) is 7.19. The topological polar surface area (TPSA) is 70.7 Å². The number of H-pyrrole nitrogens is 1. The van der Waals surface area contributed by atoms with Gasteiger partial charge in [-0.25, -0.2) is 4.98 Å². The van der Waals surface area contributed by atoms with Crippen LogP contribution in [-0.2, 0) is 6.42 Å². The maximum atomic E-state index is 12.7. The molecular formula is C21H18N4O. The highest BCUT2D eigenvalue weighted by Gasteiger charge is 2.19. The minimum absolute atomic E-state index is 0.145. The van der Waals surface area contributed by atoms with Gasteiger partial charge in [-0.05, 0) is 36.2 Å². The zero-order chi connectivity index (χ0) is 17.8. The van der Waals surface area contributed by atoms with Crippen molar-refractivity contribution in [2.45, 2.75) is 12.5 Å². The average molecular weight is 342 g/mol. The predicted octanol–water partition coefficient (Wildman–Crippen LogP) is 3.67. The summed E-state index contributed by atoms with van der Waals surface area (Å²) in [6.07, 6.45) is 3.88. The van der Waals surface area contributed by atoms with Crippen molar-refractivity contribution < 1.29 is 4.79 Å². The summed E-state index contributed by atoms with van der Waals surface area (Å²) in [5.41, 5.74) is 3.56. The number of hydrogen-bond acceptors (Lipinski definition) is 3. The smallest absolute Gasteiger partial charge is 0.251 e. The SMILES string of the molecule is O=C(N[C@H](Cc1ccccc1)c1nc2ccccc2[nH]1)c1ccncc1. The first-order chi connectivity index (χ1) is 12.8. The molecule has 0 saturated carbocycles. The molecule has 2 aromatic carbocycles. The van der Waals surface area contributed by atoms with Gasteiger partial charge in [0.1, 0.15) is 5.82 Å². The Morgan fingerprint density at radius 1 is 0.962 bits per heavy atom. The van der Waals surface area contributed by atoms with Gasteiger partial charge >= 0.3 is 0 Å². The highest BCUT2D eigenvalue weighted by molar-refractivity contribution is 5.94. The number of pyridine rings is 1. The minimum atomic E-state index is -0.259. The first kappa shape index (κ1) is 16.0. The van der Waals surface area contributed by atoms with Crippen LogP contribution in [0.3, 0.4) is 0 Å². The van der Waals surface area contributed by atoms with Crippen molar-refractivity contribution in [3.63, 3.8) is 0 Å². The van der Waals surface area contributed by atoms with Crippen LogP contribution in [0.5, 0.6) is 0 Å². The Morgan fingerprint density at radius 2 is 1.69 bits per heavy atom. The number of rotatable bonds is 5. The number of benzene rings is 2. The number of carbonyl (C=O) groups excluding carboxylic acids is 1. The second-order valence-electron chi connectivity index (χ2n) is 6.09. The van der Waals surface area contributed by atoms with E-state index < -0.39 is 0 Å². The third-order valence-electron chi connectivity index (χ3n) is 4.27. The van der Waals surface area contributed by atoms with Crippen molar-refractivity contribution in [2.24, 2.45) is 0 Å². The Morgan fingerprint density at radius 3 is 2.46 bits per heavy atom. The number of imidazole rings is 1. The molecule has 4 rings (SSSR count). The Hall–Kier alpha value is -3.47. The maximum Gasteiger partial charge on any atom is 0.251 e. The molecule has 26 heavy (non-hydrogen) atoms. The quantitative estimate of drug-likeness (QED) is 0.581. The summed E-state index contributed by atoms with van der Waals surface area (Å²) >= 11 is 0. The van der Waals surface area contributed by atoms with Crippen LogP contribution >= 0.6 is 0 Å². The lowest BCUT2D eigenvalue weighted by atomic mass is 10.0. The van der Waals surface area contributed by atoms with E-state index in [0.717, 1.165) is 22.4 Å². The van der Waals surface area contributed by atoms with Crippen LogP contribution in [-0.4, -0.2) is 20.9 Å². The molecule has 0 bridgehead atoms. The molecular weight excluding hydrogens is 324 g/mol. The van der Waals surface area contributed by atoms with Crippen molar-refractivity contribution in [2.75, 3.05) is 0 Å². The van der Waals surface area contributed by atoms with Crippen LogP contribution in [0, 0.1) is 0 Å². The Labute approximate surface area is 151 Å². The fourth-order valence-electron chi connectivity index (χ4n) is 2.95. The van der Waals surface area contributed by atoms with Gasteiger partial charge in [-0.2, -0.15) is 0 Å². The molecule has 5 heteroatoms. The summed E-state index contributed by atoms with van der Waals surface area (Å²) in [5.74, 6) is 0.603. The van der Waals surface area contributed by atoms with Gasteiger partial charge in [0.25, 0.3) is 5.91 Å². The summed E-state index contributed by atoms with van der Waals surface area (Å²) in [7, 11) is 0. The zero-order valence-electron chi connectivity index (χ0n) is 14.1. The highest BCUT2D eigenvalue weighted by atomic mass is 16.1. The first-order valence-corrected chi connectivity index (χ1v) is 8.49. The molecule has 2 heterocycles. The number of para-hydroxylation sites is 2. The van der Waals surface area contributed by atoms with Gasteiger partial charge in [-0.15, -0.1) is 0 Å². The van der Waals surface area contributed by atoms with Crippen molar-refractivity contribution in [3.8, 4) is 0 Å². The summed E-state index contributed by atoms with van der Waals surface area (Å²) in [5, 5.41) is 3.10. The van der Waals surface area contributed by atoms with E-state index in [4.69, 9.17) is 0 Å². The molecule has 2 aromatic heterocycles. The summed E-state index contributed by atoms with van der Waals surface area (Å²) in [6, 6.07) is 21.1. The molecule has 5 nitrogen and oxygen atoms in total. The summed E-state index contributed by atoms with van der Waals surface area (Å²) in [4.78, 5) is 24.6. The number of hydrogen-bond donors (Lipinski definition) is 2. The molecule has 0 radical (unpaired) electrons. The Balaban J connectivity index is 1.65. The standard InChI is InChI=1S/C21H18N4O/c26-21(16-10-12-22-13-11-16)25-19(14-15-6-2-1-3-7-15)20-23-17-8-4-5-9-18(17)24-20/h1-13,19H,14H2,(H,23,24)(H,25,26)/t19-/m1/s1. The van der Waals surface area contributed by atoms with E-state index in [9.17, 15) is 4.79 Å². The number of aromatic amines is 1. The second-order valence-corrected chi connectivity index (χ2v) is 6.09. The maximum absolute atomic E-state index is 12.7. The summed E-state index contributed by atoms with van der Waals surface area (Å²) < 4.78 is 0. The number of carbonyl (C=O) groups is 1. The van der Waals surface area contributed by atoms with E-state index in [0.29, 0.717) is 12.0 Å². The van der Waals surface area contributed by atoms with E-state index in [2.05, 4.69) is 20.3 Å². The third-order valence-corrected chi connectivity index (χ3v) is 4.27. The van der Waals surface area contributed by atoms with E-state index in [-0.39, 0.29) is 11.9 Å². The van der Waals surface area contributed by atoms with Gasteiger partial charge in [0.2, 0.25) is 0 Å². The van der Waals surface area contributed by atoms with E-state index >= 15 is 0 Å². The van der Waals surface area contributed by atoms with Crippen molar-refractivity contribution in [1.82, 2.24) is 20.3 Å². The lowest BCUT2D eigenvalue weighted by Crippen LogP contribution is -2.30. The lowest BCUT2D eigenvalue weighted by Gasteiger charge is -2.17. The Bertz CT molecular complexity index is 979. The molecule has 0 aliphatic heterocycles. The lowest BCUT2D eigenvalue weighted by molar-refractivity contribution is 0.0935. The van der Waals surface area contributed by atoms with Crippen LogP contribution in [0.4, 0.5) is 0 Å².